The minimum atomic E-state index is -0.724. The third-order valence-corrected chi connectivity index (χ3v) is 3.63. The van der Waals surface area contributed by atoms with Gasteiger partial charge < -0.3 is 10.4 Å². The Bertz CT molecular complexity index is 627. The fraction of sp³-hybridized carbons (Fsp3) is 0.286. The predicted molar refractivity (Wildman–Crippen MR) is 75.2 cm³/mol. The Kier molecular flexibility index (Phi) is 4.34. The van der Waals surface area contributed by atoms with Crippen LogP contribution in [0.1, 0.15) is 29.2 Å². The number of phenols is 1. The zero-order valence-corrected chi connectivity index (χ0v) is 12.0. The van der Waals surface area contributed by atoms with E-state index >= 15 is 0 Å². The van der Waals surface area contributed by atoms with Crippen molar-refractivity contribution in [2.75, 3.05) is 0 Å². The van der Waals surface area contributed by atoms with Crippen LogP contribution in [-0.4, -0.2) is 16.0 Å². The second kappa shape index (κ2) is 6.00. The standard InChI is InChI=1S/C14H15FN2O2S/c1-8(12-7-20-9(2)17-12)16-14(19)6-10-3-4-13(18)11(15)5-10/h3-5,7-8,18H,6H2,1-2H3,(H,16,19). The smallest absolute Gasteiger partial charge is 0.224 e. The molecule has 0 saturated heterocycles. The summed E-state index contributed by atoms with van der Waals surface area (Å²) in [5.74, 6) is -1.35. The monoisotopic (exact) mass is 294 g/mol. The van der Waals surface area contributed by atoms with E-state index in [1.807, 2.05) is 19.2 Å². The van der Waals surface area contributed by atoms with Crippen molar-refractivity contribution in [2.24, 2.45) is 0 Å². The fourth-order valence-electron chi connectivity index (χ4n) is 1.79. The molecule has 0 aliphatic carbocycles. The molecule has 1 atom stereocenters. The topological polar surface area (TPSA) is 62.2 Å². The number of aromatic nitrogens is 1. The van der Waals surface area contributed by atoms with E-state index in [9.17, 15) is 9.18 Å². The Labute approximate surface area is 120 Å². The number of nitrogens with zero attached hydrogens (tertiary/aromatic N) is 1. The van der Waals surface area contributed by atoms with E-state index < -0.39 is 11.6 Å². The fourth-order valence-corrected chi connectivity index (χ4v) is 2.50. The summed E-state index contributed by atoms with van der Waals surface area (Å²) in [5.41, 5.74) is 1.33. The Morgan fingerprint density at radius 2 is 2.30 bits per heavy atom. The van der Waals surface area contributed by atoms with Gasteiger partial charge in [-0.15, -0.1) is 11.3 Å². The van der Waals surface area contributed by atoms with Gasteiger partial charge in [-0.05, 0) is 31.5 Å². The molecular weight excluding hydrogens is 279 g/mol. The maximum atomic E-state index is 13.2. The summed E-state index contributed by atoms with van der Waals surface area (Å²) >= 11 is 1.53. The SMILES string of the molecule is Cc1nc(C(C)NC(=O)Cc2ccc(O)c(F)c2)cs1. The molecule has 1 aromatic heterocycles. The van der Waals surface area contributed by atoms with Gasteiger partial charge in [0.1, 0.15) is 0 Å². The van der Waals surface area contributed by atoms with Crippen molar-refractivity contribution in [3.8, 4) is 5.75 Å². The van der Waals surface area contributed by atoms with Gasteiger partial charge in [-0.25, -0.2) is 9.37 Å². The number of carbonyl (C=O) groups is 1. The second-order valence-electron chi connectivity index (χ2n) is 4.54. The van der Waals surface area contributed by atoms with Crippen molar-refractivity contribution in [3.05, 3.63) is 45.7 Å². The van der Waals surface area contributed by atoms with Crippen LogP contribution in [-0.2, 0) is 11.2 Å². The number of amides is 1. The molecule has 1 unspecified atom stereocenters. The van der Waals surface area contributed by atoms with Crippen LogP contribution in [0.2, 0.25) is 0 Å². The van der Waals surface area contributed by atoms with E-state index in [4.69, 9.17) is 5.11 Å². The summed E-state index contributed by atoms with van der Waals surface area (Å²) in [5, 5.41) is 14.8. The molecule has 20 heavy (non-hydrogen) atoms. The van der Waals surface area contributed by atoms with E-state index in [2.05, 4.69) is 10.3 Å². The Hall–Kier alpha value is -1.95. The molecule has 0 aliphatic heterocycles. The second-order valence-corrected chi connectivity index (χ2v) is 5.61. The highest BCUT2D eigenvalue weighted by molar-refractivity contribution is 7.09. The molecule has 2 aromatic rings. The number of hydrogen-bond acceptors (Lipinski definition) is 4. The summed E-state index contributed by atoms with van der Waals surface area (Å²) in [6.45, 7) is 3.76. The third kappa shape index (κ3) is 3.54. The average Bonchev–Trinajstić information content (AvgIpc) is 2.80. The zero-order chi connectivity index (χ0) is 14.7. The van der Waals surface area contributed by atoms with Crippen molar-refractivity contribution in [1.82, 2.24) is 10.3 Å². The molecule has 0 fully saturated rings. The number of aryl methyl sites for hydroxylation is 1. The number of halogens is 1. The highest BCUT2D eigenvalue weighted by atomic mass is 32.1. The molecule has 1 heterocycles. The van der Waals surface area contributed by atoms with Gasteiger partial charge in [0.15, 0.2) is 11.6 Å². The summed E-state index contributed by atoms with van der Waals surface area (Å²) in [6.07, 6.45) is 0.0602. The normalized spacial score (nSPS) is 12.2. The Morgan fingerprint density at radius 3 is 2.90 bits per heavy atom. The summed E-state index contributed by atoms with van der Waals surface area (Å²) in [4.78, 5) is 16.2. The van der Waals surface area contributed by atoms with Crippen LogP contribution < -0.4 is 5.32 Å². The molecule has 0 radical (unpaired) electrons. The van der Waals surface area contributed by atoms with E-state index in [1.165, 1.54) is 23.5 Å². The molecule has 0 aliphatic rings. The number of carbonyl (C=O) groups excluding carboxylic acids is 1. The van der Waals surface area contributed by atoms with Crippen LogP contribution >= 0.6 is 11.3 Å². The highest BCUT2D eigenvalue weighted by Crippen LogP contribution is 2.18. The van der Waals surface area contributed by atoms with E-state index in [0.717, 1.165) is 16.8 Å². The molecule has 0 saturated carbocycles. The molecule has 6 heteroatoms. The Balaban J connectivity index is 1.96. The van der Waals surface area contributed by atoms with E-state index in [0.29, 0.717) is 5.56 Å². The number of aromatic hydroxyl groups is 1. The van der Waals surface area contributed by atoms with E-state index in [-0.39, 0.29) is 18.4 Å². The lowest BCUT2D eigenvalue weighted by molar-refractivity contribution is -0.121. The molecule has 2 rings (SSSR count). The first-order chi connectivity index (χ1) is 9.45. The van der Waals surface area contributed by atoms with Crippen LogP contribution in [0.3, 0.4) is 0 Å². The lowest BCUT2D eigenvalue weighted by atomic mass is 10.1. The van der Waals surface area contributed by atoms with Crippen molar-refractivity contribution < 1.29 is 14.3 Å². The first-order valence-electron chi connectivity index (χ1n) is 6.14. The lowest BCUT2D eigenvalue weighted by Crippen LogP contribution is -2.28. The highest BCUT2D eigenvalue weighted by Gasteiger charge is 2.13. The quantitative estimate of drug-likeness (QED) is 0.911. The predicted octanol–water partition coefficient (Wildman–Crippen LogP) is 2.72. The van der Waals surface area contributed by atoms with Crippen LogP contribution in [0.5, 0.6) is 5.75 Å². The zero-order valence-electron chi connectivity index (χ0n) is 11.2. The maximum absolute atomic E-state index is 13.2. The van der Waals surface area contributed by atoms with Gasteiger partial charge >= 0.3 is 0 Å². The van der Waals surface area contributed by atoms with Gasteiger partial charge in [0.05, 0.1) is 23.2 Å². The largest absolute Gasteiger partial charge is 0.505 e. The molecule has 0 spiro atoms. The average molecular weight is 294 g/mol. The number of phenolic OH excluding ortho intramolecular Hbond substituents is 1. The van der Waals surface area contributed by atoms with Gasteiger partial charge in [-0.1, -0.05) is 6.07 Å². The van der Waals surface area contributed by atoms with Crippen molar-refractivity contribution in [1.29, 1.82) is 0 Å². The van der Waals surface area contributed by atoms with Crippen molar-refractivity contribution in [2.45, 2.75) is 26.3 Å². The van der Waals surface area contributed by atoms with Crippen LogP contribution in [0.4, 0.5) is 4.39 Å². The van der Waals surface area contributed by atoms with Crippen LogP contribution in [0.15, 0.2) is 23.6 Å². The van der Waals surface area contributed by atoms with Crippen LogP contribution in [0.25, 0.3) is 0 Å². The minimum absolute atomic E-state index is 0.0602. The first-order valence-corrected chi connectivity index (χ1v) is 7.02. The van der Waals surface area contributed by atoms with Crippen molar-refractivity contribution >= 4 is 17.2 Å². The summed E-state index contributed by atoms with van der Waals surface area (Å²) < 4.78 is 13.2. The number of benzene rings is 1. The number of nitrogens with one attached hydrogen (secondary N) is 1. The molecular formula is C14H15FN2O2S. The number of hydrogen-bond donors (Lipinski definition) is 2. The molecule has 0 bridgehead atoms. The Morgan fingerprint density at radius 1 is 1.55 bits per heavy atom. The summed E-state index contributed by atoms with van der Waals surface area (Å²) in [7, 11) is 0. The van der Waals surface area contributed by atoms with Crippen LogP contribution in [0, 0.1) is 12.7 Å². The lowest BCUT2D eigenvalue weighted by Gasteiger charge is -2.11. The van der Waals surface area contributed by atoms with Gasteiger partial charge in [0, 0.05) is 5.38 Å². The molecule has 1 aromatic carbocycles. The van der Waals surface area contributed by atoms with Gasteiger partial charge in [-0.2, -0.15) is 0 Å². The van der Waals surface area contributed by atoms with E-state index in [1.54, 1.807) is 0 Å². The van der Waals surface area contributed by atoms with Crippen molar-refractivity contribution in [3.63, 3.8) is 0 Å². The maximum Gasteiger partial charge on any atom is 0.224 e. The molecule has 4 nitrogen and oxygen atoms in total. The molecule has 1 amide bonds. The number of rotatable bonds is 4. The molecule has 2 N–H and O–H groups in total. The van der Waals surface area contributed by atoms with Gasteiger partial charge in [0.2, 0.25) is 5.91 Å². The minimum Gasteiger partial charge on any atom is -0.505 e. The summed E-state index contributed by atoms with van der Waals surface area (Å²) in [6, 6.07) is 3.74. The molecule has 106 valence electrons. The first kappa shape index (κ1) is 14.5. The number of thiazole rings is 1. The van der Waals surface area contributed by atoms with Gasteiger partial charge in [0.25, 0.3) is 0 Å². The third-order valence-electron chi connectivity index (χ3n) is 2.83. The van der Waals surface area contributed by atoms with Gasteiger partial charge in [-0.3, -0.25) is 4.79 Å².